The van der Waals surface area contributed by atoms with E-state index in [0.717, 1.165) is 17.6 Å². The van der Waals surface area contributed by atoms with Gasteiger partial charge in [-0.2, -0.15) is 0 Å². The van der Waals surface area contributed by atoms with Crippen LogP contribution in [-0.2, 0) is 4.74 Å². The van der Waals surface area contributed by atoms with Crippen LogP contribution >= 0.6 is 11.8 Å². The van der Waals surface area contributed by atoms with Gasteiger partial charge in [0.1, 0.15) is 0 Å². The third-order valence-electron chi connectivity index (χ3n) is 3.87. The maximum atomic E-state index is 5.86. The monoisotopic (exact) mass is 254 g/mol. The molecule has 3 aliphatic rings. The van der Waals surface area contributed by atoms with Gasteiger partial charge in [0.05, 0.1) is 24.8 Å². The van der Waals surface area contributed by atoms with Crippen LogP contribution in [0.1, 0.15) is 39.5 Å². The van der Waals surface area contributed by atoms with Crippen molar-refractivity contribution >= 4 is 16.9 Å². The van der Waals surface area contributed by atoms with Crippen molar-refractivity contribution in [3.05, 3.63) is 0 Å². The van der Waals surface area contributed by atoms with Crippen LogP contribution in [0.25, 0.3) is 0 Å². The first kappa shape index (κ1) is 11.8. The number of ether oxygens (including phenoxy) is 1. The quantitative estimate of drug-likeness (QED) is 0.839. The number of fused-ring (bicyclic) bond motifs is 2. The van der Waals surface area contributed by atoms with E-state index in [9.17, 15) is 0 Å². The van der Waals surface area contributed by atoms with E-state index in [2.05, 4.69) is 24.2 Å². The van der Waals surface area contributed by atoms with Gasteiger partial charge in [-0.3, -0.25) is 4.99 Å². The van der Waals surface area contributed by atoms with Crippen molar-refractivity contribution in [2.24, 2.45) is 10.9 Å². The van der Waals surface area contributed by atoms with Gasteiger partial charge in [0, 0.05) is 5.25 Å². The van der Waals surface area contributed by atoms with Gasteiger partial charge in [0.15, 0.2) is 5.17 Å². The highest BCUT2D eigenvalue weighted by molar-refractivity contribution is 8.14. The first-order chi connectivity index (χ1) is 8.20. The van der Waals surface area contributed by atoms with E-state index in [-0.39, 0.29) is 0 Å². The van der Waals surface area contributed by atoms with Crippen molar-refractivity contribution in [2.75, 3.05) is 6.54 Å². The van der Waals surface area contributed by atoms with Crippen LogP contribution in [0.4, 0.5) is 0 Å². The molecule has 17 heavy (non-hydrogen) atoms. The maximum Gasteiger partial charge on any atom is 0.157 e. The molecule has 0 aliphatic carbocycles. The molecule has 0 aromatic carbocycles. The Morgan fingerprint density at radius 1 is 1.47 bits per heavy atom. The van der Waals surface area contributed by atoms with E-state index in [0.29, 0.717) is 23.5 Å². The highest BCUT2D eigenvalue weighted by Crippen LogP contribution is 2.35. The summed E-state index contributed by atoms with van der Waals surface area (Å²) in [6.07, 6.45) is 5.92. The Balaban J connectivity index is 1.47. The first-order valence-electron chi connectivity index (χ1n) is 6.84. The number of nitrogens with one attached hydrogen (secondary N) is 1. The van der Waals surface area contributed by atoms with Crippen LogP contribution in [0.3, 0.4) is 0 Å². The summed E-state index contributed by atoms with van der Waals surface area (Å²) in [5.41, 5.74) is 0. The molecule has 0 radical (unpaired) electrons. The van der Waals surface area contributed by atoms with Crippen molar-refractivity contribution in [2.45, 2.75) is 63.0 Å². The second-order valence-corrected chi connectivity index (χ2v) is 7.16. The van der Waals surface area contributed by atoms with Crippen molar-refractivity contribution in [1.82, 2.24) is 5.32 Å². The Morgan fingerprint density at radius 3 is 3.00 bits per heavy atom. The Morgan fingerprint density at radius 2 is 2.35 bits per heavy atom. The predicted octanol–water partition coefficient (Wildman–Crippen LogP) is 2.41. The second-order valence-electron chi connectivity index (χ2n) is 5.88. The first-order valence-corrected chi connectivity index (χ1v) is 7.72. The Labute approximate surface area is 108 Å². The number of rotatable bonds is 3. The van der Waals surface area contributed by atoms with Crippen LogP contribution in [0, 0.1) is 5.92 Å². The number of hydrogen-bond acceptors (Lipinski definition) is 4. The minimum Gasteiger partial charge on any atom is -0.373 e. The van der Waals surface area contributed by atoms with Crippen LogP contribution in [-0.4, -0.2) is 35.2 Å². The Kier molecular flexibility index (Phi) is 3.35. The molecule has 4 atom stereocenters. The summed E-state index contributed by atoms with van der Waals surface area (Å²) in [4.78, 5) is 4.63. The summed E-state index contributed by atoms with van der Waals surface area (Å²) in [6.45, 7) is 5.57. The molecule has 0 saturated carbocycles. The largest absolute Gasteiger partial charge is 0.373 e. The molecular weight excluding hydrogens is 232 g/mol. The molecule has 1 N–H and O–H groups in total. The standard InChI is InChI=1S/C13H22N2OS/c1-8(2)5-10-7-14-13(17-10)15-11-6-9-3-4-12(11)16-9/h8-12H,3-7H2,1-2H3,(H,14,15). The van der Waals surface area contributed by atoms with Crippen molar-refractivity contribution < 1.29 is 4.74 Å². The molecule has 4 heteroatoms. The van der Waals surface area contributed by atoms with Crippen molar-refractivity contribution in [3.8, 4) is 0 Å². The zero-order valence-electron chi connectivity index (χ0n) is 10.7. The van der Waals surface area contributed by atoms with Gasteiger partial charge in [-0.05, 0) is 31.6 Å². The summed E-state index contributed by atoms with van der Waals surface area (Å²) in [7, 11) is 0. The lowest BCUT2D eigenvalue weighted by atomic mass is 9.96. The van der Waals surface area contributed by atoms with E-state index < -0.39 is 0 Å². The van der Waals surface area contributed by atoms with E-state index in [1.165, 1.54) is 25.7 Å². The molecule has 0 spiro atoms. The molecule has 0 aromatic rings. The fourth-order valence-corrected chi connectivity index (χ4v) is 4.41. The molecule has 3 heterocycles. The molecule has 0 amide bonds. The second kappa shape index (κ2) is 4.81. The number of thioether (sulfide) groups is 1. The Hall–Kier alpha value is -0.220. The van der Waals surface area contributed by atoms with Crippen LogP contribution in [0.5, 0.6) is 0 Å². The maximum absolute atomic E-state index is 5.86. The van der Waals surface area contributed by atoms with E-state index in [1.807, 2.05) is 11.8 Å². The Bertz CT molecular complexity index is 319. The molecule has 2 bridgehead atoms. The van der Waals surface area contributed by atoms with Crippen LogP contribution in [0.15, 0.2) is 4.99 Å². The van der Waals surface area contributed by atoms with Gasteiger partial charge in [0.25, 0.3) is 0 Å². The molecule has 2 saturated heterocycles. The van der Waals surface area contributed by atoms with Gasteiger partial charge in [-0.1, -0.05) is 25.6 Å². The number of aliphatic imine (C=N–C) groups is 1. The molecule has 3 rings (SSSR count). The molecule has 3 aliphatic heterocycles. The molecule has 0 aromatic heterocycles. The summed E-state index contributed by atoms with van der Waals surface area (Å²) in [5, 5.41) is 5.46. The summed E-state index contributed by atoms with van der Waals surface area (Å²) in [5.74, 6) is 0.771. The summed E-state index contributed by atoms with van der Waals surface area (Å²) >= 11 is 1.94. The topological polar surface area (TPSA) is 33.6 Å². The minimum atomic E-state index is 0.451. The van der Waals surface area contributed by atoms with E-state index >= 15 is 0 Å². The molecule has 4 unspecified atom stereocenters. The minimum absolute atomic E-state index is 0.451. The zero-order chi connectivity index (χ0) is 11.8. The highest BCUT2D eigenvalue weighted by atomic mass is 32.2. The third kappa shape index (κ3) is 2.63. The fourth-order valence-electron chi connectivity index (χ4n) is 3.09. The van der Waals surface area contributed by atoms with Crippen molar-refractivity contribution in [1.29, 1.82) is 0 Å². The average molecular weight is 254 g/mol. The lowest BCUT2D eigenvalue weighted by molar-refractivity contribution is 0.0994. The van der Waals surface area contributed by atoms with E-state index in [1.54, 1.807) is 0 Å². The molecule has 96 valence electrons. The number of nitrogens with zero attached hydrogens (tertiary/aromatic N) is 1. The SMILES string of the molecule is CC(C)CC1CN=C(NC2CC3CCC2O3)S1. The van der Waals surface area contributed by atoms with Gasteiger partial charge >= 0.3 is 0 Å². The van der Waals surface area contributed by atoms with E-state index in [4.69, 9.17) is 4.74 Å². The summed E-state index contributed by atoms with van der Waals surface area (Å²) < 4.78 is 5.86. The summed E-state index contributed by atoms with van der Waals surface area (Å²) in [6, 6.07) is 0.526. The predicted molar refractivity (Wildman–Crippen MR) is 72.6 cm³/mol. The third-order valence-corrected chi connectivity index (χ3v) is 5.01. The average Bonchev–Trinajstić information content (AvgIpc) is 2.94. The number of amidine groups is 1. The van der Waals surface area contributed by atoms with Gasteiger partial charge in [-0.25, -0.2) is 0 Å². The highest BCUT2D eigenvalue weighted by Gasteiger charge is 2.41. The molecular formula is C13H22N2OS. The van der Waals surface area contributed by atoms with Crippen LogP contribution in [0.2, 0.25) is 0 Å². The van der Waals surface area contributed by atoms with Crippen LogP contribution < -0.4 is 5.32 Å². The lowest BCUT2D eigenvalue weighted by Gasteiger charge is -2.21. The fraction of sp³-hybridized carbons (Fsp3) is 0.923. The van der Waals surface area contributed by atoms with Gasteiger partial charge in [-0.15, -0.1) is 0 Å². The lowest BCUT2D eigenvalue weighted by Crippen LogP contribution is -2.39. The number of hydrogen-bond donors (Lipinski definition) is 1. The van der Waals surface area contributed by atoms with Gasteiger partial charge < -0.3 is 10.1 Å². The molecule has 2 fully saturated rings. The smallest absolute Gasteiger partial charge is 0.157 e. The normalized spacial score (nSPS) is 40.1. The zero-order valence-corrected chi connectivity index (χ0v) is 11.5. The molecule has 3 nitrogen and oxygen atoms in total. The van der Waals surface area contributed by atoms with Crippen molar-refractivity contribution in [3.63, 3.8) is 0 Å². The van der Waals surface area contributed by atoms with Gasteiger partial charge in [0.2, 0.25) is 0 Å².